The summed E-state index contributed by atoms with van der Waals surface area (Å²) in [6.07, 6.45) is 2.83. The van der Waals surface area contributed by atoms with Gasteiger partial charge in [-0.3, -0.25) is 4.90 Å². The van der Waals surface area contributed by atoms with Crippen molar-refractivity contribution < 1.29 is 9.84 Å². The van der Waals surface area contributed by atoms with Crippen LogP contribution < -0.4 is 4.74 Å². The Hall–Kier alpha value is -1.06. The Morgan fingerprint density at radius 1 is 1.21 bits per heavy atom. The van der Waals surface area contributed by atoms with Gasteiger partial charge in [0.05, 0.1) is 5.60 Å². The molecular weight excluding hydrogens is 238 g/mol. The van der Waals surface area contributed by atoms with Crippen LogP contribution in [0.5, 0.6) is 5.75 Å². The number of hydrogen-bond acceptors (Lipinski definition) is 3. The number of likely N-dealkylation sites (tertiary alicyclic amines) is 1. The highest BCUT2D eigenvalue weighted by Crippen LogP contribution is 2.21. The number of aryl methyl sites for hydroxylation is 1. The van der Waals surface area contributed by atoms with E-state index in [0.29, 0.717) is 6.61 Å². The van der Waals surface area contributed by atoms with Crippen molar-refractivity contribution in [3.8, 4) is 5.75 Å². The summed E-state index contributed by atoms with van der Waals surface area (Å²) in [7, 11) is 0. The molecule has 0 bridgehead atoms. The fourth-order valence-electron chi connectivity index (χ4n) is 2.47. The lowest BCUT2D eigenvalue weighted by atomic mass is 9.98. The lowest BCUT2D eigenvalue weighted by Crippen LogP contribution is -2.31. The van der Waals surface area contributed by atoms with Crippen molar-refractivity contribution in [1.29, 1.82) is 0 Å². The average molecular weight is 263 g/mol. The van der Waals surface area contributed by atoms with Gasteiger partial charge in [-0.1, -0.05) is 17.7 Å². The molecule has 1 atom stereocenters. The molecule has 0 radical (unpaired) electrons. The fraction of sp³-hybridized carbons (Fsp3) is 0.625. The van der Waals surface area contributed by atoms with Crippen LogP contribution in [0.4, 0.5) is 0 Å². The third-order valence-corrected chi connectivity index (χ3v) is 3.85. The summed E-state index contributed by atoms with van der Waals surface area (Å²) < 4.78 is 5.75. The molecule has 3 heteroatoms. The Morgan fingerprint density at radius 3 is 2.68 bits per heavy atom. The standard InChI is InChI=1S/C16H25NO2/c1-14-4-6-15(7-5-14)19-13-12-17-10-3-8-16(2,18)9-11-17/h4-7,18H,3,8-13H2,1-2H3. The Morgan fingerprint density at radius 2 is 1.95 bits per heavy atom. The molecule has 1 fully saturated rings. The number of hydrogen-bond donors (Lipinski definition) is 1. The van der Waals surface area contributed by atoms with Crippen molar-refractivity contribution in [2.45, 2.75) is 38.7 Å². The summed E-state index contributed by atoms with van der Waals surface area (Å²) in [5.74, 6) is 0.937. The zero-order chi connectivity index (χ0) is 13.7. The van der Waals surface area contributed by atoms with E-state index in [1.807, 2.05) is 19.1 Å². The average Bonchev–Trinajstić information content (AvgIpc) is 2.53. The van der Waals surface area contributed by atoms with Gasteiger partial charge in [-0.25, -0.2) is 0 Å². The zero-order valence-electron chi connectivity index (χ0n) is 12.1. The molecule has 2 rings (SSSR count). The summed E-state index contributed by atoms with van der Waals surface area (Å²) in [4.78, 5) is 2.38. The van der Waals surface area contributed by atoms with E-state index in [9.17, 15) is 5.11 Å². The van der Waals surface area contributed by atoms with Crippen molar-refractivity contribution in [2.75, 3.05) is 26.2 Å². The second kappa shape index (κ2) is 6.40. The molecular formula is C16H25NO2. The second-order valence-corrected chi connectivity index (χ2v) is 5.85. The van der Waals surface area contributed by atoms with E-state index in [0.717, 1.165) is 44.6 Å². The molecule has 1 aliphatic rings. The zero-order valence-corrected chi connectivity index (χ0v) is 12.1. The minimum absolute atomic E-state index is 0.480. The normalized spacial score (nSPS) is 25.0. The van der Waals surface area contributed by atoms with E-state index in [1.165, 1.54) is 5.56 Å². The highest BCUT2D eigenvalue weighted by molar-refractivity contribution is 5.26. The molecule has 0 aromatic heterocycles. The third kappa shape index (κ3) is 4.84. The maximum absolute atomic E-state index is 10.0. The van der Waals surface area contributed by atoms with Gasteiger partial charge < -0.3 is 9.84 Å². The van der Waals surface area contributed by atoms with Gasteiger partial charge in [0.1, 0.15) is 12.4 Å². The van der Waals surface area contributed by atoms with Gasteiger partial charge in [0.2, 0.25) is 0 Å². The predicted molar refractivity (Wildman–Crippen MR) is 77.6 cm³/mol. The smallest absolute Gasteiger partial charge is 0.119 e. The van der Waals surface area contributed by atoms with E-state index in [1.54, 1.807) is 0 Å². The number of nitrogens with zero attached hydrogens (tertiary/aromatic N) is 1. The van der Waals surface area contributed by atoms with Gasteiger partial charge in [0.25, 0.3) is 0 Å². The van der Waals surface area contributed by atoms with E-state index in [2.05, 4.69) is 24.0 Å². The minimum Gasteiger partial charge on any atom is -0.492 e. The molecule has 1 aromatic carbocycles. The number of ether oxygens (including phenoxy) is 1. The van der Waals surface area contributed by atoms with Crippen LogP contribution in [0.2, 0.25) is 0 Å². The highest BCUT2D eigenvalue weighted by atomic mass is 16.5. The molecule has 1 N–H and O–H groups in total. The van der Waals surface area contributed by atoms with E-state index < -0.39 is 5.60 Å². The van der Waals surface area contributed by atoms with Crippen molar-refractivity contribution in [2.24, 2.45) is 0 Å². The van der Waals surface area contributed by atoms with Crippen LogP contribution in [0.15, 0.2) is 24.3 Å². The van der Waals surface area contributed by atoms with Gasteiger partial charge in [0.15, 0.2) is 0 Å². The van der Waals surface area contributed by atoms with Gasteiger partial charge in [-0.15, -0.1) is 0 Å². The molecule has 1 saturated heterocycles. The lowest BCUT2D eigenvalue weighted by Gasteiger charge is -2.22. The van der Waals surface area contributed by atoms with Crippen LogP contribution in [0.25, 0.3) is 0 Å². The van der Waals surface area contributed by atoms with Crippen molar-refractivity contribution in [3.63, 3.8) is 0 Å². The first-order valence-corrected chi connectivity index (χ1v) is 7.19. The first-order valence-electron chi connectivity index (χ1n) is 7.19. The molecule has 19 heavy (non-hydrogen) atoms. The summed E-state index contributed by atoms with van der Waals surface area (Å²) in [6.45, 7) is 7.69. The maximum atomic E-state index is 10.0. The molecule has 106 valence electrons. The second-order valence-electron chi connectivity index (χ2n) is 5.85. The minimum atomic E-state index is -0.480. The summed E-state index contributed by atoms with van der Waals surface area (Å²) >= 11 is 0. The number of rotatable bonds is 4. The summed E-state index contributed by atoms with van der Waals surface area (Å²) in [5, 5.41) is 10.0. The van der Waals surface area contributed by atoms with Crippen LogP contribution in [0, 0.1) is 6.92 Å². The van der Waals surface area contributed by atoms with Crippen LogP contribution in [0.3, 0.4) is 0 Å². The fourth-order valence-corrected chi connectivity index (χ4v) is 2.47. The molecule has 1 heterocycles. The maximum Gasteiger partial charge on any atom is 0.119 e. The monoisotopic (exact) mass is 263 g/mol. The van der Waals surface area contributed by atoms with Crippen LogP contribution in [-0.2, 0) is 0 Å². The van der Waals surface area contributed by atoms with E-state index >= 15 is 0 Å². The van der Waals surface area contributed by atoms with Crippen LogP contribution >= 0.6 is 0 Å². The molecule has 0 saturated carbocycles. The van der Waals surface area contributed by atoms with E-state index in [4.69, 9.17) is 4.74 Å². The van der Waals surface area contributed by atoms with Crippen LogP contribution in [0.1, 0.15) is 31.7 Å². The van der Waals surface area contributed by atoms with Crippen molar-refractivity contribution in [1.82, 2.24) is 4.90 Å². The van der Waals surface area contributed by atoms with Gasteiger partial charge in [0, 0.05) is 13.1 Å². The molecule has 1 unspecified atom stereocenters. The van der Waals surface area contributed by atoms with E-state index in [-0.39, 0.29) is 0 Å². The predicted octanol–water partition coefficient (Wildman–Crippen LogP) is 2.61. The summed E-state index contributed by atoms with van der Waals surface area (Å²) in [5.41, 5.74) is 0.772. The largest absolute Gasteiger partial charge is 0.492 e. The van der Waals surface area contributed by atoms with Crippen molar-refractivity contribution >= 4 is 0 Å². The SMILES string of the molecule is Cc1ccc(OCCN2CCCC(C)(O)CC2)cc1. The first-order chi connectivity index (χ1) is 9.05. The Bertz CT molecular complexity index is 386. The molecule has 0 amide bonds. The summed E-state index contributed by atoms with van der Waals surface area (Å²) in [6, 6.07) is 8.17. The van der Waals surface area contributed by atoms with Gasteiger partial charge >= 0.3 is 0 Å². The molecule has 0 aliphatic carbocycles. The molecule has 1 aliphatic heterocycles. The van der Waals surface area contributed by atoms with Crippen LogP contribution in [-0.4, -0.2) is 41.8 Å². The third-order valence-electron chi connectivity index (χ3n) is 3.85. The Labute approximate surface area is 116 Å². The molecule has 0 spiro atoms. The van der Waals surface area contributed by atoms with Gasteiger partial charge in [-0.05, 0) is 51.8 Å². The topological polar surface area (TPSA) is 32.7 Å². The molecule has 3 nitrogen and oxygen atoms in total. The first kappa shape index (κ1) is 14.4. The Kier molecular flexibility index (Phi) is 4.83. The quantitative estimate of drug-likeness (QED) is 0.906. The van der Waals surface area contributed by atoms with Crippen molar-refractivity contribution in [3.05, 3.63) is 29.8 Å². The van der Waals surface area contributed by atoms with Gasteiger partial charge in [-0.2, -0.15) is 0 Å². The lowest BCUT2D eigenvalue weighted by molar-refractivity contribution is 0.0442. The number of benzene rings is 1. The Balaban J connectivity index is 1.72. The molecule has 1 aromatic rings. The number of aliphatic hydroxyl groups is 1. The highest BCUT2D eigenvalue weighted by Gasteiger charge is 2.24.